The molecule has 2 atom stereocenters. The zero-order valence-electron chi connectivity index (χ0n) is 16.2. The summed E-state index contributed by atoms with van der Waals surface area (Å²) in [4.78, 5) is 7.84. The second kappa shape index (κ2) is 7.19. The van der Waals surface area contributed by atoms with Gasteiger partial charge in [0.25, 0.3) is 5.89 Å². The molecule has 2 saturated carbocycles. The Bertz CT molecular complexity index is 1030. The van der Waals surface area contributed by atoms with Crippen molar-refractivity contribution in [3.05, 3.63) is 65.7 Å². The van der Waals surface area contributed by atoms with Crippen LogP contribution < -0.4 is 5.32 Å². The number of pyridine rings is 1. The predicted octanol–water partition coefficient (Wildman–Crippen LogP) is 4.72. The maximum atomic E-state index is 12.9. The summed E-state index contributed by atoms with van der Waals surface area (Å²) in [5.74, 6) is 1.19. The van der Waals surface area contributed by atoms with Crippen LogP contribution in [0.1, 0.15) is 48.7 Å². The van der Waals surface area contributed by atoms with Crippen molar-refractivity contribution in [2.45, 2.75) is 49.2 Å². The van der Waals surface area contributed by atoms with Crippen LogP contribution in [-0.2, 0) is 11.6 Å². The van der Waals surface area contributed by atoms with Crippen LogP contribution in [0.5, 0.6) is 0 Å². The fraction of sp³-hybridized carbons (Fsp3) is 0.409. The molecule has 8 heteroatoms. The van der Waals surface area contributed by atoms with Crippen LogP contribution in [0.4, 0.5) is 13.2 Å². The molecule has 0 bridgehead atoms. The maximum absolute atomic E-state index is 12.9. The van der Waals surface area contributed by atoms with Crippen LogP contribution in [0, 0.1) is 0 Å². The molecule has 2 heterocycles. The summed E-state index contributed by atoms with van der Waals surface area (Å²) in [6, 6.07) is 13.3. The molecule has 2 aliphatic carbocycles. The van der Waals surface area contributed by atoms with Gasteiger partial charge in [-0.15, -0.1) is 0 Å². The Morgan fingerprint density at radius 2 is 1.93 bits per heavy atom. The van der Waals surface area contributed by atoms with E-state index in [-0.39, 0.29) is 16.9 Å². The lowest BCUT2D eigenvalue weighted by Gasteiger charge is -2.39. The van der Waals surface area contributed by atoms with Gasteiger partial charge in [0.05, 0.1) is 0 Å². The molecule has 0 spiro atoms. The van der Waals surface area contributed by atoms with Gasteiger partial charge in [0.15, 0.2) is 5.82 Å². The molecule has 2 aromatic heterocycles. The van der Waals surface area contributed by atoms with Gasteiger partial charge in [-0.2, -0.15) is 18.2 Å². The third kappa shape index (κ3) is 3.60. The van der Waals surface area contributed by atoms with Crippen molar-refractivity contribution in [2.24, 2.45) is 0 Å². The molecule has 2 aliphatic rings. The standard InChI is InChI=1S/C22H21F3N4O/c23-22(24,25)18-11-15(7-10-26-18)19-28-20(29-30-19)21(8-4-9-21)13-27-17-12-16(17)14-5-2-1-3-6-14/h1-3,5-7,10-11,16-17,27H,4,8-9,12-13H2. The van der Waals surface area contributed by atoms with Crippen molar-refractivity contribution in [1.82, 2.24) is 20.4 Å². The van der Waals surface area contributed by atoms with Crippen LogP contribution in [0.15, 0.2) is 53.2 Å². The third-order valence-electron chi connectivity index (χ3n) is 6.23. The molecule has 1 aromatic carbocycles. The summed E-state index contributed by atoms with van der Waals surface area (Å²) in [6.45, 7) is 0.740. The van der Waals surface area contributed by atoms with Crippen LogP contribution in [0.25, 0.3) is 11.5 Å². The summed E-state index contributed by atoms with van der Waals surface area (Å²) in [7, 11) is 0. The topological polar surface area (TPSA) is 63.8 Å². The largest absolute Gasteiger partial charge is 0.433 e. The van der Waals surface area contributed by atoms with Crippen molar-refractivity contribution in [3.63, 3.8) is 0 Å². The van der Waals surface area contributed by atoms with Gasteiger partial charge in [-0.1, -0.05) is 41.9 Å². The van der Waals surface area contributed by atoms with Gasteiger partial charge < -0.3 is 9.84 Å². The Balaban J connectivity index is 1.29. The predicted molar refractivity (Wildman–Crippen MR) is 104 cm³/mol. The smallest absolute Gasteiger partial charge is 0.334 e. The Morgan fingerprint density at radius 3 is 2.63 bits per heavy atom. The van der Waals surface area contributed by atoms with E-state index in [1.54, 1.807) is 0 Å². The molecular weight excluding hydrogens is 393 g/mol. The lowest BCUT2D eigenvalue weighted by atomic mass is 9.68. The van der Waals surface area contributed by atoms with E-state index in [4.69, 9.17) is 4.52 Å². The first kappa shape index (κ1) is 19.2. The average Bonchev–Trinajstić information content (AvgIpc) is 3.33. The maximum Gasteiger partial charge on any atom is 0.433 e. The highest BCUT2D eigenvalue weighted by Gasteiger charge is 2.46. The number of hydrogen-bond donors (Lipinski definition) is 1. The van der Waals surface area contributed by atoms with Crippen molar-refractivity contribution < 1.29 is 17.7 Å². The molecule has 0 radical (unpaired) electrons. The Labute approximate surface area is 171 Å². The monoisotopic (exact) mass is 414 g/mol. The number of nitrogens with one attached hydrogen (secondary N) is 1. The van der Waals surface area contributed by atoms with Gasteiger partial charge in [0.2, 0.25) is 0 Å². The second-order valence-electron chi connectivity index (χ2n) is 8.22. The molecule has 5 nitrogen and oxygen atoms in total. The van der Waals surface area contributed by atoms with E-state index in [0.717, 1.165) is 44.5 Å². The van der Waals surface area contributed by atoms with Crippen LogP contribution in [0.3, 0.4) is 0 Å². The number of nitrogens with zero attached hydrogens (tertiary/aromatic N) is 3. The Kier molecular flexibility index (Phi) is 4.61. The number of benzene rings is 1. The van der Waals surface area contributed by atoms with Crippen molar-refractivity contribution in [3.8, 4) is 11.5 Å². The minimum Gasteiger partial charge on any atom is -0.334 e. The average molecular weight is 414 g/mol. The van der Waals surface area contributed by atoms with E-state index in [2.05, 4.69) is 44.7 Å². The van der Waals surface area contributed by atoms with Gasteiger partial charge in [-0.05, 0) is 37.0 Å². The van der Waals surface area contributed by atoms with E-state index in [1.807, 2.05) is 6.07 Å². The summed E-state index contributed by atoms with van der Waals surface area (Å²) < 4.78 is 44.2. The Hall–Kier alpha value is -2.74. The third-order valence-corrected chi connectivity index (χ3v) is 6.23. The zero-order chi connectivity index (χ0) is 20.8. The number of hydrogen-bond acceptors (Lipinski definition) is 5. The molecule has 0 saturated heterocycles. The minimum absolute atomic E-state index is 0.0951. The van der Waals surface area contributed by atoms with Crippen molar-refractivity contribution >= 4 is 0 Å². The number of alkyl halides is 3. The van der Waals surface area contributed by atoms with Crippen LogP contribution in [-0.4, -0.2) is 27.7 Å². The first-order valence-corrected chi connectivity index (χ1v) is 10.1. The molecule has 0 amide bonds. The highest BCUT2D eigenvalue weighted by molar-refractivity contribution is 5.53. The zero-order valence-corrected chi connectivity index (χ0v) is 16.2. The number of aromatic nitrogens is 3. The lowest BCUT2D eigenvalue weighted by Crippen LogP contribution is -2.45. The van der Waals surface area contributed by atoms with Crippen molar-refractivity contribution in [1.29, 1.82) is 0 Å². The quantitative estimate of drug-likeness (QED) is 0.633. The molecule has 30 heavy (non-hydrogen) atoms. The van der Waals surface area contributed by atoms with E-state index >= 15 is 0 Å². The normalized spacial score (nSPS) is 22.5. The van der Waals surface area contributed by atoms with E-state index in [0.29, 0.717) is 17.8 Å². The summed E-state index contributed by atoms with van der Waals surface area (Å²) >= 11 is 0. The van der Waals surface area contributed by atoms with E-state index in [1.165, 1.54) is 11.6 Å². The molecule has 0 aliphatic heterocycles. The fourth-order valence-corrected chi connectivity index (χ4v) is 4.17. The summed E-state index contributed by atoms with van der Waals surface area (Å²) in [5.41, 5.74) is 0.383. The first-order valence-electron chi connectivity index (χ1n) is 10.1. The molecule has 156 valence electrons. The fourth-order valence-electron chi connectivity index (χ4n) is 4.17. The van der Waals surface area contributed by atoms with Gasteiger partial charge in [-0.3, -0.25) is 4.98 Å². The van der Waals surface area contributed by atoms with Gasteiger partial charge in [-0.25, -0.2) is 0 Å². The highest BCUT2D eigenvalue weighted by atomic mass is 19.4. The minimum atomic E-state index is -4.52. The van der Waals surface area contributed by atoms with Crippen LogP contribution in [0.2, 0.25) is 0 Å². The number of rotatable bonds is 6. The SMILES string of the molecule is FC(F)(F)c1cc(-c2nc(C3(CNC4CC4c4ccccc4)CCC3)no2)ccn1. The molecule has 5 rings (SSSR count). The van der Waals surface area contributed by atoms with Gasteiger partial charge >= 0.3 is 6.18 Å². The number of halogens is 3. The summed E-state index contributed by atoms with van der Waals surface area (Å²) in [6.07, 6.45) is 0.648. The van der Waals surface area contributed by atoms with Gasteiger partial charge in [0, 0.05) is 35.7 Å². The Morgan fingerprint density at radius 1 is 1.13 bits per heavy atom. The van der Waals surface area contributed by atoms with Crippen molar-refractivity contribution in [2.75, 3.05) is 6.54 Å². The van der Waals surface area contributed by atoms with Gasteiger partial charge in [0.1, 0.15) is 5.69 Å². The second-order valence-corrected chi connectivity index (χ2v) is 8.22. The lowest BCUT2D eigenvalue weighted by molar-refractivity contribution is -0.141. The summed E-state index contributed by atoms with van der Waals surface area (Å²) in [5, 5.41) is 7.77. The first-order chi connectivity index (χ1) is 14.4. The molecule has 3 aromatic rings. The molecule has 2 fully saturated rings. The van der Waals surface area contributed by atoms with E-state index in [9.17, 15) is 13.2 Å². The highest BCUT2D eigenvalue weighted by Crippen LogP contribution is 2.45. The molecule has 1 N–H and O–H groups in total. The van der Waals surface area contributed by atoms with E-state index < -0.39 is 11.9 Å². The molecule has 2 unspecified atom stereocenters. The van der Waals surface area contributed by atoms with Crippen LogP contribution >= 0.6 is 0 Å². The molecular formula is C22H21F3N4O.